The number of hydrogen-bond acceptors (Lipinski definition) is 8. The van der Waals surface area contributed by atoms with Crippen LogP contribution in [0.15, 0.2) is 65.3 Å². The van der Waals surface area contributed by atoms with E-state index >= 15 is 0 Å². The lowest BCUT2D eigenvalue weighted by Crippen LogP contribution is -2.34. The lowest BCUT2D eigenvalue weighted by atomic mass is 10.1. The Hall–Kier alpha value is -4.48. The fourth-order valence-corrected chi connectivity index (χ4v) is 2.99. The molecule has 0 spiro atoms. The average Bonchev–Trinajstić information content (AvgIpc) is 3.36. The number of nitrogens with one attached hydrogen (secondary N) is 1. The number of methoxy groups -OCH3 is 1. The summed E-state index contributed by atoms with van der Waals surface area (Å²) in [6.07, 6.45) is 1.29. The maximum Gasteiger partial charge on any atom is 0.387 e. The number of carbonyl (C=O) groups is 2. The smallest absolute Gasteiger partial charge is 0.387 e. The Morgan fingerprint density at radius 3 is 2.44 bits per heavy atom. The Morgan fingerprint density at radius 2 is 1.85 bits per heavy atom. The molecule has 3 aromatic rings. The van der Waals surface area contributed by atoms with E-state index in [4.69, 9.17) is 13.9 Å². The van der Waals surface area contributed by atoms with Crippen LogP contribution in [0.1, 0.15) is 27.7 Å². The predicted octanol–water partition coefficient (Wildman–Crippen LogP) is 4.01. The Kier molecular flexibility index (Phi) is 7.75. The fraction of sp³-hybridized carbons (Fsp3) is 0.182. The third kappa shape index (κ3) is 5.85. The number of nitro benzene ring substituents is 1. The molecule has 12 heteroatoms. The first-order valence-electron chi connectivity index (χ1n) is 9.66. The highest BCUT2D eigenvalue weighted by Gasteiger charge is 2.28. The van der Waals surface area contributed by atoms with Gasteiger partial charge in [-0.2, -0.15) is 8.78 Å². The van der Waals surface area contributed by atoms with Crippen LogP contribution in [0.2, 0.25) is 0 Å². The predicted molar refractivity (Wildman–Crippen MR) is 111 cm³/mol. The van der Waals surface area contributed by atoms with Crippen molar-refractivity contribution in [1.82, 2.24) is 5.32 Å². The van der Waals surface area contributed by atoms with Gasteiger partial charge in [0.25, 0.3) is 11.6 Å². The summed E-state index contributed by atoms with van der Waals surface area (Å²) in [6.45, 7) is -3.85. The second-order valence-electron chi connectivity index (χ2n) is 6.67. The van der Waals surface area contributed by atoms with Crippen molar-refractivity contribution in [3.8, 4) is 11.5 Å². The summed E-state index contributed by atoms with van der Waals surface area (Å²) in [7, 11) is 1.16. The van der Waals surface area contributed by atoms with Crippen LogP contribution >= 0.6 is 0 Å². The normalized spacial score (nSPS) is 11.5. The molecule has 3 rings (SSSR count). The molecule has 0 saturated carbocycles. The molecule has 0 aliphatic rings. The van der Waals surface area contributed by atoms with Crippen LogP contribution in [-0.2, 0) is 16.1 Å². The number of benzene rings is 2. The van der Waals surface area contributed by atoms with Crippen LogP contribution < -0.4 is 14.8 Å². The third-order valence-corrected chi connectivity index (χ3v) is 4.54. The minimum absolute atomic E-state index is 0.0382. The molecule has 1 amide bonds. The quantitative estimate of drug-likeness (QED) is 0.264. The maximum atomic E-state index is 12.9. The molecule has 34 heavy (non-hydrogen) atoms. The van der Waals surface area contributed by atoms with Gasteiger partial charge in [0.1, 0.15) is 6.61 Å². The van der Waals surface area contributed by atoms with Crippen molar-refractivity contribution >= 4 is 17.6 Å². The summed E-state index contributed by atoms with van der Waals surface area (Å²) in [5, 5.41) is 13.9. The first-order chi connectivity index (χ1) is 16.3. The zero-order valence-electron chi connectivity index (χ0n) is 17.6. The third-order valence-electron chi connectivity index (χ3n) is 4.54. The molecule has 10 nitrogen and oxygen atoms in total. The zero-order valence-corrected chi connectivity index (χ0v) is 17.6. The van der Waals surface area contributed by atoms with Crippen molar-refractivity contribution in [2.75, 3.05) is 7.11 Å². The molecule has 2 aromatic carbocycles. The van der Waals surface area contributed by atoms with Crippen LogP contribution in [0.3, 0.4) is 0 Å². The van der Waals surface area contributed by atoms with Crippen molar-refractivity contribution < 1.29 is 41.9 Å². The summed E-state index contributed by atoms with van der Waals surface area (Å²) in [6, 6.07) is 11.6. The Bertz CT molecular complexity index is 1150. The van der Waals surface area contributed by atoms with E-state index in [1.54, 1.807) is 30.3 Å². The van der Waals surface area contributed by atoms with Gasteiger partial charge < -0.3 is 23.9 Å². The average molecular weight is 476 g/mol. The number of amides is 1. The van der Waals surface area contributed by atoms with Gasteiger partial charge in [0.15, 0.2) is 23.3 Å². The second kappa shape index (κ2) is 10.9. The van der Waals surface area contributed by atoms with Gasteiger partial charge in [-0.3, -0.25) is 14.9 Å². The summed E-state index contributed by atoms with van der Waals surface area (Å²) >= 11 is 0. The van der Waals surface area contributed by atoms with E-state index in [-0.39, 0.29) is 17.1 Å². The molecule has 0 aliphatic carbocycles. The molecular weight excluding hydrogens is 458 g/mol. The van der Waals surface area contributed by atoms with Crippen molar-refractivity contribution in [1.29, 1.82) is 0 Å². The molecule has 1 heterocycles. The van der Waals surface area contributed by atoms with Crippen LogP contribution in [0.25, 0.3) is 0 Å². The van der Waals surface area contributed by atoms with Crippen LogP contribution in [0.4, 0.5) is 14.5 Å². The van der Waals surface area contributed by atoms with Crippen molar-refractivity contribution in [2.45, 2.75) is 19.3 Å². The minimum atomic E-state index is -3.23. The summed E-state index contributed by atoms with van der Waals surface area (Å²) < 4.78 is 44.7. The van der Waals surface area contributed by atoms with E-state index in [0.29, 0.717) is 5.56 Å². The molecule has 1 atom stereocenters. The SMILES string of the molecule is COc1cc(COC(=O)C(NC(=O)c2ccco2)c2ccccc2)c([N+](=O)[O-])cc1OC(F)F. The Labute approximate surface area is 191 Å². The van der Waals surface area contributed by atoms with E-state index in [1.807, 2.05) is 0 Å². The number of halogens is 2. The summed E-state index contributed by atoms with van der Waals surface area (Å²) in [5.41, 5.74) is -0.374. The molecule has 1 N–H and O–H groups in total. The number of hydrogen-bond donors (Lipinski definition) is 1. The lowest BCUT2D eigenvalue weighted by molar-refractivity contribution is -0.386. The molecular formula is C22H18F2N2O8. The zero-order chi connectivity index (χ0) is 24.7. The largest absolute Gasteiger partial charge is 0.493 e. The topological polar surface area (TPSA) is 130 Å². The van der Waals surface area contributed by atoms with Gasteiger partial charge in [-0.1, -0.05) is 30.3 Å². The fourth-order valence-electron chi connectivity index (χ4n) is 2.99. The van der Waals surface area contributed by atoms with Crippen molar-refractivity contribution in [2.24, 2.45) is 0 Å². The maximum absolute atomic E-state index is 12.9. The van der Waals surface area contributed by atoms with Gasteiger partial charge in [0, 0.05) is 0 Å². The molecule has 0 fully saturated rings. The van der Waals surface area contributed by atoms with Crippen molar-refractivity contribution in [3.05, 3.63) is 87.9 Å². The highest BCUT2D eigenvalue weighted by atomic mass is 19.3. The highest BCUT2D eigenvalue weighted by Crippen LogP contribution is 2.36. The van der Waals surface area contributed by atoms with Crippen molar-refractivity contribution in [3.63, 3.8) is 0 Å². The van der Waals surface area contributed by atoms with Gasteiger partial charge >= 0.3 is 12.6 Å². The Balaban J connectivity index is 1.84. The Morgan fingerprint density at radius 1 is 1.12 bits per heavy atom. The molecule has 0 saturated heterocycles. The van der Waals surface area contributed by atoms with Gasteiger partial charge in [0.05, 0.1) is 29.9 Å². The van der Waals surface area contributed by atoms with Crippen LogP contribution in [-0.4, -0.2) is 30.5 Å². The van der Waals surface area contributed by atoms with Crippen LogP contribution in [0, 0.1) is 10.1 Å². The molecule has 1 aromatic heterocycles. The van der Waals surface area contributed by atoms with Crippen LogP contribution in [0.5, 0.6) is 11.5 Å². The summed E-state index contributed by atoms with van der Waals surface area (Å²) in [4.78, 5) is 35.9. The molecule has 0 aliphatic heterocycles. The molecule has 1 unspecified atom stereocenters. The monoisotopic (exact) mass is 476 g/mol. The number of nitro groups is 1. The second-order valence-corrected chi connectivity index (χ2v) is 6.67. The number of esters is 1. The van der Waals surface area contributed by atoms with Gasteiger partial charge in [-0.15, -0.1) is 0 Å². The minimum Gasteiger partial charge on any atom is -0.493 e. The first kappa shape index (κ1) is 24.2. The van der Waals surface area contributed by atoms with E-state index in [0.717, 1.165) is 19.2 Å². The van der Waals surface area contributed by atoms with E-state index in [1.165, 1.54) is 18.4 Å². The lowest BCUT2D eigenvalue weighted by Gasteiger charge is -2.18. The van der Waals surface area contributed by atoms with Gasteiger partial charge in [0.2, 0.25) is 0 Å². The number of nitrogens with zero attached hydrogens (tertiary/aromatic N) is 1. The molecule has 0 radical (unpaired) electrons. The number of ether oxygens (including phenoxy) is 3. The molecule has 178 valence electrons. The van der Waals surface area contributed by atoms with Gasteiger partial charge in [-0.05, 0) is 23.8 Å². The number of furan rings is 1. The van der Waals surface area contributed by atoms with Gasteiger partial charge in [-0.25, -0.2) is 4.79 Å². The number of alkyl halides is 2. The first-order valence-corrected chi connectivity index (χ1v) is 9.66. The number of rotatable bonds is 10. The highest BCUT2D eigenvalue weighted by molar-refractivity contribution is 5.94. The molecule has 0 bridgehead atoms. The standard InChI is InChI=1S/C22H18F2N2O8/c1-31-17-10-14(15(26(29)30)11-18(17)34-22(23)24)12-33-21(28)19(13-6-3-2-4-7-13)25-20(27)16-8-5-9-32-16/h2-11,19,22H,12H2,1H3,(H,25,27). The van der Waals surface area contributed by atoms with E-state index in [2.05, 4.69) is 10.1 Å². The van der Waals surface area contributed by atoms with E-state index in [9.17, 15) is 28.5 Å². The van der Waals surface area contributed by atoms with E-state index < -0.39 is 47.5 Å². The summed E-state index contributed by atoms with van der Waals surface area (Å²) in [5.74, 6) is -2.41. The number of carbonyl (C=O) groups excluding carboxylic acids is 2.